The molecular formula is C12H16ClN3O4S. The zero-order valence-corrected chi connectivity index (χ0v) is 13.0. The van der Waals surface area contributed by atoms with Crippen molar-refractivity contribution in [2.45, 2.75) is 49.1 Å². The molecule has 0 aromatic carbocycles. The number of aromatic amines is 1. The molecule has 0 radical (unpaired) electrons. The number of halogens is 1. The van der Waals surface area contributed by atoms with E-state index in [0.717, 1.165) is 12.8 Å². The molecule has 1 aliphatic heterocycles. The third kappa shape index (κ3) is 2.93. The minimum Gasteiger partial charge on any atom is -0.376 e. The van der Waals surface area contributed by atoms with Crippen LogP contribution in [0.5, 0.6) is 0 Å². The van der Waals surface area contributed by atoms with Gasteiger partial charge in [-0.1, -0.05) is 0 Å². The van der Waals surface area contributed by atoms with Crippen molar-refractivity contribution in [3.63, 3.8) is 0 Å². The number of carbonyl (C=O) groups excluding carboxylic acids is 1. The maximum absolute atomic E-state index is 12.3. The van der Waals surface area contributed by atoms with E-state index in [1.807, 2.05) is 6.92 Å². The number of nitrogens with zero attached hydrogens (tertiary/aromatic N) is 1. The highest BCUT2D eigenvalue weighted by atomic mass is 35.7. The topological polar surface area (TPSA) is 101 Å². The minimum absolute atomic E-state index is 0.0938. The first-order valence-electron chi connectivity index (χ1n) is 6.83. The summed E-state index contributed by atoms with van der Waals surface area (Å²) in [5.74, 6) is -0.448. The van der Waals surface area contributed by atoms with Crippen molar-refractivity contribution >= 4 is 25.6 Å². The van der Waals surface area contributed by atoms with Crippen molar-refractivity contribution in [1.29, 1.82) is 0 Å². The molecule has 1 aliphatic carbocycles. The van der Waals surface area contributed by atoms with Gasteiger partial charge in [-0.25, -0.2) is 8.42 Å². The Morgan fingerprint density at radius 3 is 2.67 bits per heavy atom. The van der Waals surface area contributed by atoms with Crippen LogP contribution in [0, 0.1) is 0 Å². The van der Waals surface area contributed by atoms with Gasteiger partial charge in [-0.2, -0.15) is 5.10 Å². The van der Waals surface area contributed by atoms with Crippen LogP contribution in [0.1, 0.15) is 48.3 Å². The zero-order chi connectivity index (χ0) is 15.2. The first kappa shape index (κ1) is 14.8. The van der Waals surface area contributed by atoms with Crippen LogP contribution >= 0.6 is 10.7 Å². The van der Waals surface area contributed by atoms with Crippen molar-refractivity contribution < 1.29 is 17.9 Å². The SMILES string of the molecule is CC1OCCC1NC(=O)c1n[nH]c(C2CC2)c1S(=O)(=O)Cl. The molecule has 0 spiro atoms. The molecule has 1 aromatic heterocycles. The Bertz CT molecular complexity index is 668. The Balaban J connectivity index is 1.89. The van der Waals surface area contributed by atoms with Gasteiger partial charge in [0.2, 0.25) is 0 Å². The van der Waals surface area contributed by atoms with Crippen molar-refractivity contribution in [3.8, 4) is 0 Å². The molecule has 2 N–H and O–H groups in total. The smallest absolute Gasteiger partial charge is 0.273 e. The van der Waals surface area contributed by atoms with Crippen LogP contribution in [0.4, 0.5) is 0 Å². The number of rotatable bonds is 4. The summed E-state index contributed by atoms with van der Waals surface area (Å²) >= 11 is 0. The molecule has 1 saturated carbocycles. The van der Waals surface area contributed by atoms with Crippen LogP contribution in [0.3, 0.4) is 0 Å². The molecule has 2 unspecified atom stereocenters. The maximum Gasteiger partial charge on any atom is 0.273 e. The second kappa shape index (κ2) is 5.26. The first-order chi connectivity index (χ1) is 9.88. The molecule has 21 heavy (non-hydrogen) atoms. The number of amides is 1. The van der Waals surface area contributed by atoms with E-state index < -0.39 is 15.0 Å². The van der Waals surface area contributed by atoms with Gasteiger partial charge in [0.05, 0.1) is 17.8 Å². The molecule has 2 aliphatic rings. The number of hydrogen-bond donors (Lipinski definition) is 2. The lowest BCUT2D eigenvalue weighted by Gasteiger charge is -2.15. The fourth-order valence-electron chi connectivity index (χ4n) is 2.55. The van der Waals surface area contributed by atoms with Crippen LogP contribution in [0.2, 0.25) is 0 Å². The summed E-state index contributed by atoms with van der Waals surface area (Å²) in [6, 6.07) is -0.149. The Morgan fingerprint density at radius 1 is 1.43 bits per heavy atom. The highest BCUT2D eigenvalue weighted by molar-refractivity contribution is 8.13. The van der Waals surface area contributed by atoms with Crippen molar-refractivity contribution in [1.82, 2.24) is 15.5 Å². The third-order valence-electron chi connectivity index (χ3n) is 3.89. The number of nitrogens with one attached hydrogen (secondary N) is 2. The Hall–Kier alpha value is -1.12. The molecule has 0 bridgehead atoms. The van der Waals surface area contributed by atoms with Gasteiger partial charge in [-0.05, 0) is 26.2 Å². The molecule has 9 heteroatoms. The van der Waals surface area contributed by atoms with E-state index in [9.17, 15) is 13.2 Å². The molecule has 1 saturated heterocycles. The number of aromatic nitrogens is 2. The van der Waals surface area contributed by atoms with Crippen LogP contribution in [-0.4, -0.2) is 43.3 Å². The van der Waals surface area contributed by atoms with E-state index >= 15 is 0 Å². The molecule has 2 fully saturated rings. The van der Waals surface area contributed by atoms with Crippen LogP contribution in [0.25, 0.3) is 0 Å². The Labute approximate surface area is 126 Å². The van der Waals surface area contributed by atoms with Crippen LogP contribution < -0.4 is 5.32 Å². The fraction of sp³-hybridized carbons (Fsp3) is 0.667. The van der Waals surface area contributed by atoms with Gasteiger partial charge in [-0.3, -0.25) is 9.89 Å². The number of ether oxygens (including phenoxy) is 1. The fourth-order valence-corrected chi connectivity index (χ4v) is 3.87. The zero-order valence-electron chi connectivity index (χ0n) is 11.4. The average Bonchev–Trinajstić information content (AvgIpc) is 3.00. The second-order valence-corrected chi connectivity index (χ2v) is 7.97. The van der Waals surface area contributed by atoms with E-state index in [1.165, 1.54) is 0 Å². The highest BCUT2D eigenvalue weighted by Crippen LogP contribution is 2.43. The quantitative estimate of drug-likeness (QED) is 0.804. The average molecular weight is 334 g/mol. The van der Waals surface area contributed by atoms with E-state index in [1.54, 1.807) is 0 Å². The largest absolute Gasteiger partial charge is 0.376 e. The molecule has 3 rings (SSSR count). The summed E-state index contributed by atoms with van der Waals surface area (Å²) in [6.07, 6.45) is 2.33. The monoisotopic (exact) mass is 333 g/mol. The second-order valence-electron chi connectivity index (χ2n) is 5.47. The van der Waals surface area contributed by atoms with Gasteiger partial charge < -0.3 is 10.1 Å². The predicted molar refractivity (Wildman–Crippen MR) is 74.9 cm³/mol. The normalized spacial score (nSPS) is 26.0. The van der Waals surface area contributed by atoms with Crippen LogP contribution in [-0.2, 0) is 13.8 Å². The summed E-state index contributed by atoms with van der Waals surface area (Å²) < 4.78 is 28.9. The minimum atomic E-state index is -4.03. The van der Waals surface area contributed by atoms with Gasteiger partial charge in [0, 0.05) is 23.2 Å². The third-order valence-corrected chi connectivity index (χ3v) is 5.25. The molecule has 2 heterocycles. The maximum atomic E-state index is 12.3. The highest BCUT2D eigenvalue weighted by Gasteiger charge is 2.37. The Morgan fingerprint density at radius 2 is 2.14 bits per heavy atom. The van der Waals surface area contributed by atoms with E-state index in [4.69, 9.17) is 15.4 Å². The van der Waals surface area contributed by atoms with E-state index in [2.05, 4.69) is 15.5 Å². The van der Waals surface area contributed by atoms with Gasteiger partial charge in [0.15, 0.2) is 5.69 Å². The molecule has 116 valence electrons. The molecule has 7 nitrogen and oxygen atoms in total. The predicted octanol–water partition coefficient (Wildman–Crippen LogP) is 1.12. The summed E-state index contributed by atoms with van der Waals surface area (Å²) in [5, 5.41) is 9.28. The van der Waals surface area contributed by atoms with Crippen LogP contribution in [0.15, 0.2) is 4.90 Å². The van der Waals surface area contributed by atoms with E-state index in [-0.39, 0.29) is 28.7 Å². The van der Waals surface area contributed by atoms with Crippen molar-refractivity contribution in [3.05, 3.63) is 11.4 Å². The standard InChI is InChI=1S/C12H16ClN3O4S/c1-6-8(4-5-20-6)14-12(17)10-11(21(13,18)19)9(15-16-10)7-2-3-7/h6-8H,2-5H2,1H3,(H,14,17)(H,15,16). The Kier molecular flexibility index (Phi) is 3.71. The molecule has 1 aromatic rings. The summed E-state index contributed by atoms with van der Waals surface area (Å²) in [5.41, 5.74) is 0.275. The lowest BCUT2D eigenvalue weighted by Crippen LogP contribution is -2.39. The van der Waals surface area contributed by atoms with Gasteiger partial charge in [-0.15, -0.1) is 0 Å². The van der Waals surface area contributed by atoms with Gasteiger partial charge in [0.25, 0.3) is 15.0 Å². The summed E-state index contributed by atoms with van der Waals surface area (Å²) in [4.78, 5) is 12.1. The van der Waals surface area contributed by atoms with Gasteiger partial charge >= 0.3 is 0 Å². The number of carbonyl (C=O) groups is 1. The molecule has 2 atom stereocenters. The number of hydrogen-bond acceptors (Lipinski definition) is 5. The lowest BCUT2D eigenvalue weighted by atomic mass is 10.1. The van der Waals surface area contributed by atoms with Gasteiger partial charge in [0.1, 0.15) is 4.90 Å². The summed E-state index contributed by atoms with van der Waals surface area (Å²) in [7, 11) is 1.45. The lowest BCUT2D eigenvalue weighted by molar-refractivity contribution is 0.0859. The molecular weight excluding hydrogens is 318 g/mol. The summed E-state index contributed by atoms with van der Waals surface area (Å²) in [6.45, 7) is 2.43. The molecule has 1 amide bonds. The van der Waals surface area contributed by atoms with E-state index in [0.29, 0.717) is 18.7 Å². The first-order valence-corrected chi connectivity index (χ1v) is 9.14. The number of H-pyrrole nitrogens is 1. The van der Waals surface area contributed by atoms with Crippen molar-refractivity contribution in [2.75, 3.05) is 6.61 Å². The van der Waals surface area contributed by atoms with Crippen molar-refractivity contribution in [2.24, 2.45) is 0 Å².